The van der Waals surface area contributed by atoms with E-state index in [0.29, 0.717) is 0 Å². The molecule has 0 saturated carbocycles. The maximum atomic E-state index is 9.94. The predicted molar refractivity (Wildman–Crippen MR) is 33.1 cm³/mol. The molecule has 52 valence electrons. The maximum Gasteiger partial charge on any atom is 0.336 e. The van der Waals surface area contributed by atoms with E-state index in [1.54, 1.807) is 13.8 Å². The van der Waals surface area contributed by atoms with Crippen LogP contribution in [-0.2, 0) is 4.79 Å². The molecule has 0 aromatic heterocycles. The normalized spacial score (nSPS) is 12.3. The average Bonchev–Trinajstić information content (AvgIpc) is 1.63. The molecule has 0 unspecified atom stereocenters. The summed E-state index contributed by atoms with van der Waals surface area (Å²) in [6.07, 6.45) is -0.0718. The Morgan fingerprint density at radius 1 is 1.56 bits per heavy atom. The molecule has 0 aromatic carbocycles. The van der Waals surface area contributed by atoms with Gasteiger partial charge in [-0.3, -0.25) is 0 Å². The summed E-state index contributed by atoms with van der Waals surface area (Å²) in [6, 6.07) is 0. The van der Waals surface area contributed by atoms with Gasteiger partial charge in [-0.05, 0) is 19.9 Å². The lowest BCUT2D eigenvalue weighted by molar-refractivity contribution is -0.144. The molecule has 0 amide bonds. The van der Waals surface area contributed by atoms with Crippen LogP contribution in [0.3, 0.4) is 0 Å². The van der Waals surface area contributed by atoms with E-state index in [4.69, 9.17) is 10.2 Å². The van der Waals surface area contributed by atoms with Crippen LogP contribution in [0.25, 0.3) is 0 Å². The molecule has 1 atom stereocenters. The van der Waals surface area contributed by atoms with Crippen LogP contribution in [0.1, 0.15) is 13.8 Å². The molecule has 0 rings (SSSR count). The van der Waals surface area contributed by atoms with Crippen molar-refractivity contribution in [3.05, 3.63) is 11.6 Å². The second-order valence-corrected chi connectivity index (χ2v) is 2.03. The summed E-state index contributed by atoms with van der Waals surface area (Å²) in [4.78, 5) is 9.94. The van der Waals surface area contributed by atoms with Gasteiger partial charge in [0, 0.05) is 0 Å². The number of rotatable bonds is 2. The van der Waals surface area contributed by atoms with Gasteiger partial charge < -0.3 is 10.2 Å². The molecular weight excluding hydrogens is 120 g/mol. The predicted octanol–water partition coefficient (Wildman–Crippen LogP) is 0.398. The molecule has 0 aliphatic carbocycles. The molecule has 0 spiro atoms. The lowest BCUT2D eigenvalue weighted by Crippen LogP contribution is -2.16. The number of carbonyl (C=O) groups is 1. The molecule has 0 aromatic rings. The zero-order valence-electron chi connectivity index (χ0n) is 5.46. The molecule has 3 nitrogen and oxygen atoms in total. The van der Waals surface area contributed by atoms with E-state index in [0.717, 1.165) is 5.57 Å². The first-order chi connectivity index (χ1) is 4.04. The Bertz CT molecular complexity index is 133. The third kappa shape index (κ3) is 3.73. The quantitative estimate of drug-likeness (QED) is 0.532. The van der Waals surface area contributed by atoms with Gasteiger partial charge in [-0.1, -0.05) is 5.57 Å². The SMILES string of the molecule is CC(C)=C[C@H](O)C(=O)O. The minimum atomic E-state index is -1.35. The highest BCUT2D eigenvalue weighted by molar-refractivity contribution is 5.74. The minimum Gasteiger partial charge on any atom is -0.479 e. The number of carboxylic acids is 1. The van der Waals surface area contributed by atoms with Crippen molar-refractivity contribution in [2.45, 2.75) is 20.0 Å². The van der Waals surface area contributed by atoms with Gasteiger partial charge in [0.05, 0.1) is 0 Å². The summed E-state index contributed by atoms with van der Waals surface area (Å²) in [5.74, 6) is -1.21. The first kappa shape index (κ1) is 8.17. The van der Waals surface area contributed by atoms with Crippen molar-refractivity contribution in [3.63, 3.8) is 0 Å². The van der Waals surface area contributed by atoms with Crippen molar-refractivity contribution in [3.8, 4) is 0 Å². The number of hydrogen-bond acceptors (Lipinski definition) is 2. The van der Waals surface area contributed by atoms with E-state index in [1.807, 2.05) is 0 Å². The monoisotopic (exact) mass is 130 g/mol. The molecule has 0 saturated heterocycles. The van der Waals surface area contributed by atoms with Gasteiger partial charge in [-0.25, -0.2) is 4.79 Å². The van der Waals surface area contributed by atoms with Gasteiger partial charge in [-0.2, -0.15) is 0 Å². The second-order valence-electron chi connectivity index (χ2n) is 2.03. The van der Waals surface area contributed by atoms with E-state index in [2.05, 4.69) is 0 Å². The van der Waals surface area contributed by atoms with Gasteiger partial charge in [0.25, 0.3) is 0 Å². The molecule has 0 heterocycles. The third-order valence-electron chi connectivity index (χ3n) is 0.744. The van der Waals surface area contributed by atoms with Gasteiger partial charge in [0.2, 0.25) is 0 Å². The number of carboxylic acid groups (broad SMARTS) is 1. The second kappa shape index (κ2) is 3.25. The summed E-state index contributed by atoms with van der Waals surface area (Å²) < 4.78 is 0. The molecule has 0 aliphatic heterocycles. The van der Waals surface area contributed by atoms with Crippen molar-refractivity contribution in [1.82, 2.24) is 0 Å². The molecule has 9 heavy (non-hydrogen) atoms. The number of aliphatic hydroxyl groups is 1. The Balaban J connectivity index is 3.91. The lowest BCUT2D eigenvalue weighted by Gasteiger charge is -1.96. The van der Waals surface area contributed by atoms with E-state index >= 15 is 0 Å². The van der Waals surface area contributed by atoms with Crippen LogP contribution in [0.4, 0.5) is 0 Å². The van der Waals surface area contributed by atoms with Crippen molar-refractivity contribution < 1.29 is 15.0 Å². The fourth-order valence-corrected chi connectivity index (χ4v) is 0.387. The van der Waals surface area contributed by atoms with Crippen LogP contribution >= 0.6 is 0 Å². The number of aliphatic carboxylic acids is 1. The summed E-state index contributed by atoms with van der Waals surface area (Å²) in [5.41, 5.74) is 0.796. The van der Waals surface area contributed by atoms with Crippen LogP contribution in [0, 0.1) is 0 Å². The topological polar surface area (TPSA) is 57.5 Å². The maximum absolute atomic E-state index is 9.94. The van der Waals surface area contributed by atoms with Gasteiger partial charge in [0.15, 0.2) is 6.10 Å². The molecular formula is C6H10O3. The third-order valence-corrected chi connectivity index (χ3v) is 0.744. The standard InChI is InChI=1S/C6H10O3/c1-4(2)3-5(7)6(8)9/h3,5,7H,1-2H3,(H,8,9)/t5-/m0/s1. The van der Waals surface area contributed by atoms with Crippen LogP contribution in [0.15, 0.2) is 11.6 Å². The summed E-state index contributed by atoms with van der Waals surface area (Å²) in [7, 11) is 0. The van der Waals surface area contributed by atoms with Crippen molar-refractivity contribution in [1.29, 1.82) is 0 Å². The smallest absolute Gasteiger partial charge is 0.336 e. The van der Waals surface area contributed by atoms with E-state index < -0.39 is 12.1 Å². The fraction of sp³-hybridized carbons (Fsp3) is 0.500. The van der Waals surface area contributed by atoms with Gasteiger partial charge in [0.1, 0.15) is 0 Å². The Labute approximate surface area is 53.6 Å². The first-order valence-corrected chi connectivity index (χ1v) is 2.60. The van der Waals surface area contributed by atoms with Crippen LogP contribution in [0.5, 0.6) is 0 Å². The lowest BCUT2D eigenvalue weighted by atomic mass is 10.2. The molecule has 0 bridgehead atoms. The highest BCUT2D eigenvalue weighted by atomic mass is 16.4. The van der Waals surface area contributed by atoms with Crippen LogP contribution in [0.2, 0.25) is 0 Å². The average molecular weight is 130 g/mol. The van der Waals surface area contributed by atoms with Crippen LogP contribution in [-0.4, -0.2) is 22.3 Å². The Morgan fingerprint density at radius 3 is 2.11 bits per heavy atom. The first-order valence-electron chi connectivity index (χ1n) is 2.60. The van der Waals surface area contributed by atoms with E-state index in [9.17, 15) is 4.79 Å². The minimum absolute atomic E-state index is 0.796. The van der Waals surface area contributed by atoms with Gasteiger partial charge >= 0.3 is 5.97 Å². The zero-order valence-corrected chi connectivity index (χ0v) is 5.46. The molecule has 0 fully saturated rings. The van der Waals surface area contributed by atoms with Gasteiger partial charge in [-0.15, -0.1) is 0 Å². The Hall–Kier alpha value is -0.830. The molecule has 2 N–H and O–H groups in total. The highest BCUT2D eigenvalue weighted by Crippen LogP contribution is 1.93. The number of aliphatic hydroxyl groups excluding tert-OH is 1. The summed E-state index contributed by atoms with van der Waals surface area (Å²) in [6.45, 7) is 3.46. The van der Waals surface area contributed by atoms with Crippen molar-refractivity contribution in [2.24, 2.45) is 0 Å². The fourth-order valence-electron chi connectivity index (χ4n) is 0.387. The number of allylic oxidation sites excluding steroid dienone is 1. The van der Waals surface area contributed by atoms with E-state index in [-0.39, 0.29) is 0 Å². The Kier molecular flexibility index (Phi) is 2.95. The van der Waals surface area contributed by atoms with Crippen molar-refractivity contribution in [2.75, 3.05) is 0 Å². The number of hydrogen-bond donors (Lipinski definition) is 2. The molecule has 0 aliphatic rings. The van der Waals surface area contributed by atoms with Crippen LogP contribution < -0.4 is 0 Å². The van der Waals surface area contributed by atoms with Crippen molar-refractivity contribution >= 4 is 5.97 Å². The largest absolute Gasteiger partial charge is 0.479 e. The zero-order chi connectivity index (χ0) is 7.44. The molecule has 3 heteroatoms. The Morgan fingerprint density at radius 2 is 2.00 bits per heavy atom. The summed E-state index contributed by atoms with van der Waals surface area (Å²) in [5, 5.41) is 16.8. The van der Waals surface area contributed by atoms with E-state index in [1.165, 1.54) is 6.08 Å². The highest BCUT2D eigenvalue weighted by Gasteiger charge is 2.07. The molecule has 0 radical (unpaired) electrons. The summed E-state index contributed by atoms with van der Waals surface area (Å²) >= 11 is 0.